The van der Waals surface area contributed by atoms with E-state index in [1.54, 1.807) is 6.08 Å². The molecule has 0 radical (unpaired) electrons. The molecular formula is C27H23ClINO4S. The van der Waals surface area contributed by atoms with Gasteiger partial charge in [0.1, 0.15) is 6.61 Å². The van der Waals surface area contributed by atoms with E-state index >= 15 is 0 Å². The van der Waals surface area contributed by atoms with Gasteiger partial charge in [0.2, 0.25) is 0 Å². The summed E-state index contributed by atoms with van der Waals surface area (Å²) in [5.41, 5.74) is 2.72. The Labute approximate surface area is 227 Å². The Hall–Kier alpha value is -2.49. The van der Waals surface area contributed by atoms with Gasteiger partial charge in [-0.25, -0.2) is 0 Å². The van der Waals surface area contributed by atoms with Crippen LogP contribution < -0.4 is 9.47 Å². The Morgan fingerprint density at radius 2 is 1.77 bits per heavy atom. The molecule has 4 rings (SSSR count). The number of thioether (sulfide) groups is 1. The first-order valence-electron chi connectivity index (χ1n) is 11.1. The van der Waals surface area contributed by atoms with Crippen molar-refractivity contribution in [1.82, 2.24) is 4.90 Å². The number of imide groups is 1. The molecular weight excluding hydrogens is 597 g/mol. The predicted octanol–water partition coefficient (Wildman–Crippen LogP) is 7.20. The van der Waals surface area contributed by atoms with Crippen LogP contribution in [0.4, 0.5) is 4.79 Å². The van der Waals surface area contributed by atoms with Gasteiger partial charge < -0.3 is 9.47 Å². The molecule has 8 heteroatoms. The quantitative estimate of drug-likeness (QED) is 0.187. The number of nitrogens with zero attached hydrogens (tertiary/aromatic N) is 1. The summed E-state index contributed by atoms with van der Waals surface area (Å²) in [6.45, 7) is 3.01. The molecule has 1 aliphatic heterocycles. The summed E-state index contributed by atoms with van der Waals surface area (Å²) in [7, 11) is 0. The molecule has 0 aromatic heterocycles. The molecule has 0 N–H and O–H groups in total. The summed E-state index contributed by atoms with van der Waals surface area (Å²) in [6.07, 6.45) is 2.35. The van der Waals surface area contributed by atoms with Crippen molar-refractivity contribution in [3.05, 3.63) is 96.9 Å². The van der Waals surface area contributed by atoms with Crippen LogP contribution in [0.1, 0.15) is 23.6 Å². The lowest BCUT2D eigenvalue weighted by atomic mass is 10.1. The number of ether oxygens (including phenoxy) is 2. The van der Waals surface area contributed by atoms with Crippen LogP contribution in [0.5, 0.6) is 11.5 Å². The van der Waals surface area contributed by atoms with E-state index in [1.165, 1.54) is 4.90 Å². The van der Waals surface area contributed by atoms with E-state index in [4.69, 9.17) is 21.1 Å². The third-order valence-electron chi connectivity index (χ3n) is 5.30. The lowest BCUT2D eigenvalue weighted by Gasteiger charge is -2.15. The molecule has 3 aromatic carbocycles. The van der Waals surface area contributed by atoms with Crippen LogP contribution in [0.3, 0.4) is 0 Å². The Morgan fingerprint density at radius 3 is 2.51 bits per heavy atom. The minimum absolute atomic E-state index is 0.253. The summed E-state index contributed by atoms with van der Waals surface area (Å²) >= 11 is 9.41. The number of hydrogen-bond donors (Lipinski definition) is 0. The van der Waals surface area contributed by atoms with E-state index in [0.29, 0.717) is 47.6 Å². The van der Waals surface area contributed by atoms with Gasteiger partial charge >= 0.3 is 0 Å². The Kier molecular flexibility index (Phi) is 8.75. The maximum atomic E-state index is 12.9. The molecule has 2 amide bonds. The van der Waals surface area contributed by atoms with Crippen LogP contribution in [0.2, 0.25) is 5.02 Å². The fourth-order valence-electron chi connectivity index (χ4n) is 3.57. The molecule has 0 bridgehead atoms. The van der Waals surface area contributed by atoms with Gasteiger partial charge in [-0.05, 0) is 83.1 Å². The largest absolute Gasteiger partial charge is 0.490 e. The second kappa shape index (κ2) is 12.0. The van der Waals surface area contributed by atoms with E-state index in [0.717, 1.165) is 32.0 Å². The summed E-state index contributed by atoms with van der Waals surface area (Å²) in [6, 6.07) is 21.1. The fraction of sp³-hybridized carbons (Fsp3) is 0.185. The molecule has 5 nitrogen and oxygen atoms in total. The molecule has 0 saturated carbocycles. The summed E-state index contributed by atoms with van der Waals surface area (Å²) in [5, 5.41) is 0.386. The Bertz CT molecular complexity index is 1270. The van der Waals surface area contributed by atoms with Crippen LogP contribution in [-0.2, 0) is 17.8 Å². The van der Waals surface area contributed by atoms with Crippen LogP contribution >= 0.6 is 46.0 Å². The Balaban J connectivity index is 1.52. The molecule has 0 spiro atoms. The van der Waals surface area contributed by atoms with Gasteiger partial charge in [-0.3, -0.25) is 14.5 Å². The van der Waals surface area contributed by atoms with E-state index in [2.05, 4.69) is 22.6 Å². The standard InChI is InChI=1S/C27H23ClINO4S/c1-2-33-23-15-19(14-22(29)25(23)34-17-20-10-6-7-11-21(20)28)16-24-26(31)30(27(32)35-24)13-12-18-8-4-3-5-9-18/h3-11,14-16H,2,12-13,17H2,1H3/b24-16-. The minimum Gasteiger partial charge on any atom is -0.490 e. The zero-order valence-electron chi connectivity index (χ0n) is 19.0. The molecule has 0 atom stereocenters. The molecule has 1 aliphatic rings. The molecule has 1 saturated heterocycles. The lowest BCUT2D eigenvalue weighted by molar-refractivity contribution is -0.122. The Morgan fingerprint density at radius 1 is 1.03 bits per heavy atom. The van der Waals surface area contributed by atoms with Crippen LogP contribution in [-0.4, -0.2) is 29.2 Å². The average molecular weight is 620 g/mol. The van der Waals surface area contributed by atoms with Gasteiger partial charge in [-0.2, -0.15) is 0 Å². The van der Waals surface area contributed by atoms with Gasteiger partial charge in [0.05, 0.1) is 15.1 Å². The zero-order chi connectivity index (χ0) is 24.8. The van der Waals surface area contributed by atoms with E-state index in [1.807, 2.05) is 73.7 Å². The molecule has 180 valence electrons. The van der Waals surface area contributed by atoms with Crippen molar-refractivity contribution >= 4 is 63.2 Å². The highest BCUT2D eigenvalue weighted by Gasteiger charge is 2.34. The van der Waals surface area contributed by atoms with Gasteiger partial charge in [-0.15, -0.1) is 0 Å². The highest BCUT2D eigenvalue weighted by atomic mass is 127. The zero-order valence-corrected chi connectivity index (χ0v) is 22.7. The number of amides is 2. The number of carbonyl (C=O) groups is 2. The molecule has 1 heterocycles. The molecule has 35 heavy (non-hydrogen) atoms. The number of carbonyl (C=O) groups excluding carboxylic acids is 2. The van der Waals surface area contributed by atoms with E-state index in [9.17, 15) is 9.59 Å². The third-order valence-corrected chi connectivity index (χ3v) is 7.38. The number of benzene rings is 3. The van der Waals surface area contributed by atoms with Gasteiger partial charge in [0, 0.05) is 17.1 Å². The predicted molar refractivity (Wildman–Crippen MR) is 149 cm³/mol. The van der Waals surface area contributed by atoms with Crippen molar-refractivity contribution in [2.75, 3.05) is 13.2 Å². The van der Waals surface area contributed by atoms with Crippen molar-refractivity contribution in [1.29, 1.82) is 0 Å². The van der Waals surface area contributed by atoms with Crippen LogP contribution in [0, 0.1) is 3.57 Å². The average Bonchev–Trinajstić information content (AvgIpc) is 3.11. The maximum absolute atomic E-state index is 12.9. The van der Waals surface area contributed by atoms with Crippen molar-refractivity contribution in [3.8, 4) is 11.5 Å². The maximum Gasteiger partial charge on any atom is 0.293 e. The van der Waals surface area contributed by atoms with E-state index < -0.39 is 0 Å². The second-order valence-corrected chi connectivity index (χ2v) is 10.3. The topological polar surface area (TPSA) is 55.8 Å². The van der Waals surface area contributed by atoms with Crippen molar-refractivity contribution in [3.63, 3.8) is 0 Å². The van der Waals surface area contributed by atoms with Crippen LogP contribution in [0.15, 0.2) is 71.6 Å². The lowest BCUT2D eigenvalue weighted by Crippen LogP contribution is -2.30. The molecule has 1 fully saturated rings. The van der Waals surface area contributed by atoms with Crippen molar-refractivity contribution < 1.29 is 19.1 Å². The SMILES string of the molecule is CCOc1cc(/C=C2\SC(=O)N(CCc3ccccc3)C2=O)cc(I)c1OCc1ccccc1Cl. The van der Waals surface area contributed by atoms with Crippen molar-refractivity contribution in [2.45, 2.75) is 20.0 Å². The molecule has 3 aromatic rings. The highest BCUT2D eigenvalue weighted by molar-refractivity contribution is 14.1. The summed E-state index contributed by atoms with van der Waals surface area (Å²) < 4.78 is 12.7. The first kappa shape index (κ1) is 25.6. The summed E-state index contributed by atoms with van der Waals surface area (Å²) in [5.74, 6) is 0.907. The molecule has 0 aliphatic carbocycles. The van der Waals surface area contributed by atoms with Crippen molar-refractivity contribution in [2.24, 2.45) is 0 Å². The first-order valence-corrected chi connectivity index (χ1v) is 13.4. The number of hydrogen-bond acceptors (Lipinski definition) is 5. The van der Waals surface area contributed by atoms with Crippen LogP contribution in [0.25, 0.3) is 6.08 Å². The van der Waals surface area contributed by atoms with Gasteiger partial charge in [0.15, 0.2) is 11.5 Å². The normalized spacial score (nSPS) is 14.6. The monoisotopic (exact) mass is 619 g/mol. The van der Waals surface area contributed by atoms with Gasteiger partial charge in [0.25, 0.3) is 11.1 Å². The first-order chi connectivity index (χ1) is 17.0. The number of halogens is 2. The minimum atomic E-state index is -0.275. The third kappa shape index (κ3) is 6.39. The fourth-order valence-corrected chi connectivity index (χ4v) is 5.41. The highest BCUT2D eigenvalue weighted by Crippen LogP contribution is 2.38. The number of rotatable bonds is 9. The summed E-state index contributed by atoms with van der Waals surface area (Å²) in [4.78, 5) is 27.2. The smallest absolute Gasteiger partial charge is 0.293 e. The van der Waals surface area contributed by atoms with E-state index in [-0.39, 0.29) is 11.1 Å². The second-order valence-electron chi connectivity index (χ2n) is 7.71. The van der Waals surface area contributed by atoms with Gasteiger partial charge in [-0.1, -0.05) is 60.1 Å². The molecule has 0 unspecified atom stereocenters.